The number of nitrogens with two attached hydrogens (primary N) is 1. The van der Waals surface area contributed by atoms with Crippen molar-refractivity contribution in [3.05, 3.63) is 54.7 Å². The van der Waals surface area contributed by atoms with Crippen molar-refractivity contribution in [1.82, 2.24) is 29.0 Å². The molecule has 1 fully saturated rings. The molecule has 34 heavy (non-hydrogen) atoms. The van der Waals surface area contributed by atoms with Crippen LogP contribution in [0, 0.1) is 5.82 Å². The zero-order valence-electron chi connectivity index (χ0n) is 18.3. The number of hydrogen-bond donors (Lipinski definition) is 2. The standard InChI is InChI=1S/C23H23FN8O2/c24-16-3-1-15(2-4-16)22-23(18-5-6-21-28-20(27-14-33)12-32(21)29-18)31(13-26-22)17-7-9-30(10-8-17)11-19(25)34/h1-6,12-14,17H,7-11H2,(H2,25,34)(H,27,33). The molecule has 174 valence electrons. The zero-order chi connectivity index (χ0) is 23.7. The number of rotatable bonds is 7. The predicted octanol–water partition coefficient (Wildman–Crippen LogP) is 2.09. The van der Waals surface area contributed by atoms with E-state index >= 15 is 0 Å². The van der Waals surface area contributed by atoms with Gasteiger partial charge in [0.1, 0.15) is 11.5 Å². The highest BCUT2D eigenvalue weighted by Crippen LogP contribution is 2.35. The first-order valence-corrected chi connectivity index (χ1v) is 10.9. The van der Waals surface area contributed by atoms with Crippen molar-refractivity contribution in [3.8, 4) is 22.6 Å². The molecule has 3 N–H and O–H groups in total. The summed E-state index contributed by atoms with van der Waals surface area (Å²) in [6.07, 6.45) is 5.63. The number of aromatic nitrogens is 5. The lowest BCUT2D eigenvalue weighted by atomic mass is 10.0. The third-order valence-corrected chi connectivity index (χ3v) is 6.01. The van der Waals surface area contributed by atoms with Crippen LogP contribution in [0.3, 0.4) is 0 Å². The molecule has 0 aliphatic carbocycles. The number of likely N-dealkylation sites (tertiary alicyclic amines) is 1. The Morgan fingerprint density at radius 3 is 2.65 bits per heavy atom. The first kappa shape index (κ1) is 21.7. The third-order valence-electron chi connectivity index (χ3n) is 6.01. The maximum absolute atomic E-state index is 13.6. The average molecular weight is 462 g/mol. The quantitative estimate of drug-likeness (QED) is 0.406. The van der Waals surface area contributed by atoms with Gasteiger partial charge >= 0.3 is 0 Å². The lowest BCUT2D eigenvalue weighted by molar-refractivity contribution is -0.119. The van der Waals surface area contributed by atoms with E-state index in [1.165, 1.54) is 12.1 Å². The number of carbonyl (C=O) groups is 2. The minimum atomic E-state index is -0.332. The van der Waals surface area contributed by atoms with Gasteiger partial charge in [-0.1, -0.05) is 0 Å². The van der Waals surface area contributed by atoms with Gasteiger partial charge in [0.15, 0.2) is 11.5 Å². The van der Waals surface area contributed by atoms with Gasteiger partial charge in [0.2, 0.25) is 12.3 Å². The molecule has 10 nitrogen and oxygen atoms in total. The second-order valence-corrected chi connectivity index (χ2v) is 8.24. The van der Waals surface area contributed by atoms with Crippen molar-refractivity contribution in [2.75, 3.05) is 25.0 Å². The van der Waals surface area contributed by atoms with E-state index < -0.39 is 0 Å². The molecule has 0 spiro atoms. The molecule has 2 amide bonds. The molecule has 11 heteroatoms. The highest BCUT2D eigenvalue weighted by atomic mass is 19.1. The summed E-state index contributed by atoms with van der Waals surface area (Å²) < 4.78 is 17.3. The van der Waals surface area contributed by atoms with E-state index in [4.69, 9.17) is 10.8 Å². The zero-order valence-corrected chi connectivity index (χ0v) is 18.3. The number of fused-ring (bicyclic) bond motifs is 1. The summed E-state index contributed by atoms with van der Waals surface area (Å²) in [7, 11) is 0. The van der Waals surface area contributed by atoms with Crippen molar-refractivity contribution < 1.29 is 14.0 Å². The first-order valence-electron chi connectivity index (χ1n) is 10.9. The maximum atomic E-state index is 13.6. The van der Waals surface area contributed by atoms with E-state index in [9.17, 15) is 14.0 Å². The smallest absolute Gasteiger partial charge is 0.231 e. The minimum Gasteiger partial charge on any atom is -0.369 e. The summed E-state index contributed by atoms with van der Waals surface area (Å²) in [4.78, 5) is 33.1. The van der Waals surface area contributed by atoms with Gasteiger partial charge in [0.05, 0.1) is 30.5 Å². The molecule has 3 aromatic heterocycles. The molecular formula is C23H23FN8O2. The first-order chi connectivity index (χ1) is 16.5. The van der Waals surface area contributed by atoms with E-state index in [-0.39, 0.29) is 24.3 Å². The SMILES string of the molecule is NC(=O)CN1CCC(n2cnc(-c3ccc(F)cc3)c2-c2ccc3nc(NC=O)cn3n2)CC1. The number of benzene rings is 1. The van der Waals surface area contributed by atoms with Crippen LogP contribution < -0.4 is 11.1 Å². The molecule has 1 aliphatic heterocycles. The molecule has 0 radical (unpaired) electrons. The predicted molar refractivity (Wildman–Crippen MR) is 123 cm³/mol. The van der Waals surface area contributed by atoms with Crippen molar-refractivity contribution >= 4 is 23.8 Å². The third kappa shape index (κ3) is 4.25. The van der Waals surface area contributed by atoms with Gasteiger partial charge in [-0.2, -0.15) is 5.10 Å². The van der Waals surface area contributed by atoms with Crippen LogP contribution in [-0.4, -0.2) is 61.0 Å². The molecule has 0 saturated carbocycles. The number of halogens is 1. The van der Waals surface area contributed by atoms with Crippen LogP contribution in [0.4, 0.5) is 10.2 Å². The van der Waals surface area contributed by atoms with Gasteiger partial charge in [-0.15, -0.1) is 0 Å². The fourth-order valence-electron chi connectivity index (χ4n) is 4.42. The van der Waals surface area contributed by atoms with Crippen LogP contribution in [-0.2, 0) is 9.59 Å². The van der Waals surface area contributed by atoms with Gasteiger partial charge < -0.3 is 15.6 Å². The van der Waals surface area contributed by atoms with Gasteiger partial charge in [0.25, 0.3) is 0 Å². The van der Waals surface area contributed by atoms with E-state index in [0.717, 1.165) is 37.2 Å². The molecule has 1 aliphatic rings. The minimum absolute atomic E-state index is 0.147. The number of primary amides is 1. The lowest BCUT2D eigenvalue weighted by Crippen LogP contribution is -2.40. The Hall–Kier alpha value is -4.12. The topological polar surface area (TPSA) is 123 Å². The number of nitrogens with one attached hydrogen (secondary N) is 1. The van der Waals surface area contributed by atoms with Gasteiger partial charge in [-0.05, 0) is 49.2 Å². The van der Waals surface area contributed by atoms with E-state index in [1.807, 2.05) is 17.0 Å². The second kappa shape index (κ2) is 9.02. The highest BCUT2D eigenvalue weighted by Gasteiger charge is 2.26. The number of piperidine rings is 1. The average Bonchev–Trinajstić information content (AvgIpc) is 3.43. The fraction of sp³-hybridized carbons (Fsp3) is 0.261. The molecule has 5 rings (SSSR count). The van der Waals surface area contributed by atoms with Crippen LogP contribution in [0.15, 0.2) is 48.9 Å². The molecule has 0 bridgehead atoms. The summed E-state index contributed by atoms with van der Waals surface area (Å²) in [5.74, 6) is -0.255. The van der Waals surface area contributed by atoms with Crippen LogP contribution in [0.2, 0.25) is 0 Å². The molecule has 4 heterocycles. The Kier molecular flexibility index (Phi) is 5.76. The van der Waals surface area contributed by atoms with E-state index in [2.05, 4.69) is 19.9 Å². The Morgan fingerprint density at radius 1 is 1.18 bits per heavy atom. The summed E-state index contributed by atoms with van der Waals surface area (Å²) in [6, 6.07) is 10.0. The Morgan fingerprint density at radius 2 is 1.94 bits per heavy atom. The van der Waals surface area contributed by atoms with Crippen LogP contribution >= 0.6 is 0 Å². The van der Waals surface area contributed by atoms with Crippen LogP contribution in [0.1, 0.15) is 18.9 Å². The number of carbonyl (C=O) groups excluding carboxylic acids is 2. The van der Waals surface area contributed by atoms with Crippen molar-refractivity contribution in [3.63, 3.8) is 0 Å². The number of amides is 2. The lowest BCUT2D eigenvalue weighted by Gasteiger charge is -2.32. The number of hydrogen-bond acceptors (Lipinski definition) is 6. The maximum Gasteiger partial charge on any atom is 0.231 e. The molecule has 0 atom stereocenters. The Bertz CT molecular complexity index is 1340. The van der Waals surface area contributed by atoms with Gasteiger partial charge in [0, 0.05) is 24.7 Å². The Balaban J connectivity index is 1.56. The number of imidazole rings is 2. The van der Waals surface area contributed by atoms with Crippen molar-refractivity contribution in [2.24, 2.45) is 5.73 Å². The molecule has 1 saturated heterocycles. The van der Waals surface area contributed by atoms with Gasteiger partial charge in [-0.3, -0.25) is 14.5 Å². The van der Waals surface area contributed by atoms with Crippen LogP contribution in [0.5, 0.6) is 0 Å². The van der Waals surface area contributed by atoms with E-state index in [1.54, 1.807) is 29.2 Å². The second-order valence-electron chi connectivity index (χ2n) is 8.24. The normalized spacial score (nSPS) is 15.0. The monoisotopic (exact) mass is 462 g/mol. The molecule has 0 unspecified atom stereocenters. The van der Waals surface area contributed by atoms with Gasteiger partial charge in [-0.25, -0.2) is 18.9 Å². The fourth-order valence-corrected chi connectivity index (χ4v) is 4.42. The Labute approximate surface area is 194 Å². The number of nitrogens with zero attached hydrogens (tertiary/aromatic N) is 6. The van der Waals surface area contributed by atoms with Crippen LogP contribution in [0.25, 0.3) is 28.3 Å². The molecule has 4 aromatic rings. The van der Waals surface area contributed by atoms with Crippen molar-refractivity contribution in [2.45, 2.75) is 18.9 Å². The van der Waals surface area contributed by atoms with E-state index in [0.29, 0.717) is 29.3 Å². The van der Waals surface area contributed by atoms with Crippen molar-refractivity contribution in [1.29, 1.82) is 0 Å². The summed E-state index contributed by atoms with van der Waals surface area (Å²) in [5, 5.41) is 7.26. The largest absolute Gasteiger partial charge is 0.369 e. The summed E-state index contributed by atoms with van der Waals surface area (Å²) in [6.45, 7) is 1.73. The summed E-state index contributed by atoms with van der Waals surface area (Å²) in [5.41, 5.74) is 8.88. The highest BCUT2D eigenvalue weighted by molar-refractivity contribution is 5.78. The number of anilines is 1. The summed E-state index contributed by atoms with van der Waals surface area (Å²) >= 11 is 0. The molecule has 1 aromatic carbocycles. The molecular weight excluding hydrogens is 439 g/mol.